The highest BCUT2D eigenvalue weighted by Crippen LogP contribution is 2.31. The molecule has 34 heavy (non-hydrogen) atoms. The molecule has 1 aromatic heterocycles. The number of alkyl halides is 3. The number of aryl methyl sites for hydroxylation is 2. The fraction of sp³-hybridized carbons (Fsp3) is 0.320. The van der Waals surface area contributed by atoms with Crippen LogP contribution in [0.25, 0.3) is 5.69 Å². The minimum Gasteiger partial charge on any atom is -0.368 e. The minimum absolute atomic E-state index is 0.128. The van der Waals surface area contributed by atoms with Crippen LogP contribution in [0.1, 0.15) is 32.9 Å². The maximum absolute atomic E-state index is 13.1. The number of rotatable bonds is 4. The summed E-state index contributed by atoms with van der Waals surface area (Å²) in [5.41, 5.74) is 2.34. The third-order valence-electron chi connectivity index (χ3n) is 6.06. The number of hydrogen-bond acceptors (Lipinski definition) is 4. The molecular formula is C25H25F3N4O2. The average molecular weight is 470 g/mol. The van der Waals surface area contributed by atoms with Crippen LogP contribution in [0.2, 0.25) is 0 Å². The van der Waals surface area contributed by atoms with E-state index in [0.717, 1.165) is 23.4 Å². The monoisotopic (exact) mass is 470 g/mol. The SMILES string of the molecule is Cc1cccc(N2CCN(C(=O)C(=O)c3c(C)nn(-c4cccc(C(F)(F)F)c4)c3C)CC2)c1. The number of benzene rings is 2. The van der Waals surface area contributed by atoms with Crippen LogP contribution in [-0.4, -0.2) is 52.5 Å². The first-order valence-corrected chi connectivity index (χ1v) is 11.0. The van der Waals surface area contributed by atoms with Crippen molar-refractivity contribution in [2.45, 2.75) is 26.9 Å². The van der Waals surface area contributed by atoms with Gasteiger partial charge in [0.2, 0.25) is 0 Å². The summed E-state index contributed by atoms with van der Waals surface area (Å²) in [5, 5.41) is 4.26. The second kappa shape index (κ2) is 8.96. The van der Waals surface area contributed by atoms with Gasteiger partial charge in [-0.05, 0) is 56.7 Å². The molecule has 2 aromatic carbocycles. The summed E-state index contributed by atoms with van der Waals surface area (Å²) in [6.45, 7) is 7.18. The Labute approximate surface area is 195 Å². The first kappa shape index (κ1) is 23.5. The number of hydrogen-bond donors (Lipinski definition) is 0. The molecule has 0 radical (unpaired) electrons. The largest absolute Gasteiger partial charge is 0.416 e. The minimum atomic E-state index is -4.50. The summed E-state index contributed by atoms with van der Waals surface area (Å²) in [4.78, 5) is 29.8. The average Bonchev–Trinajstić information content (AvgIpc) is 3.11. The normalized spacial score (nSPS) is 14.4. The van der Waals surface area contributed by atoms with Gasteiger partial charge in [0.1, 0.15) is 0 Å². The Morgan fingerprint density at radius 3 is 2.18 bits per heavy atom. The number of nitrogens with zero attached hydrogens (tertiary/aromatic N) is 4. The zero-order chi connectivity index (χ0) is 24.6. The molecule has 6 nitrogen and oxygen atoms in total. The summed E-state index contributed by atoms with van der Waals surface area (Å²) < 4.78 is 40.7. The van der Waals surface area contributed by atoms with Gasteiger partial charge < -0.3 is 9.80 Å². The molecule has 1 saturated heterocycles. The van der Waals surface area contributed by atoms with Crippen molar-refractivity contribution in [1.29, 1.82) is 0 Å². The number of carbonyl (C=O) groups excluding carboxylic acids is 2. The molecule has 3 aromatic rings. The number of anilines is 1. The van der Waals surface area contributed by atoms with E-state index in [1.807, 2.05) is 25.1 Å². The molecule has 0 spiro atoms. The van der Waals surface area contributed by atoms with Crippen molar-refractivity contribution in [3.05, 3.63) is 76.6 Å². The Bertz CT molecular complexity index is 1240. The molecule has 2 heterocycles. The van der Waals surface area contributed by atoms with Crippen molar-refractivity contribution in [2.24, 2.45) is 0 Å². The lowest BCUT2D eigenvalue weighted by Gasteiger charge is -2.36. The maximum atomic E-state index is 13.1. The van der Waals surface area contributed by atoms with Gasteiger partial charge in [-0.25, -0.2) is 4.68 Å². The molecule has 0 unspecified atom stereocenters. The molecule has 1 aliphatic heterocycles. The molecule has 0 N–H and O–H groups in total. The lowest BCUT2D eigenvalue weighted by molar-refractivity contribution is -0.137. The number of amides is 1. The van der Waals surface area contributed by atoms with Gasteiger partial charge in [0, 0.05) is 31.9 Å². The van der Waals surface area contributed by atoms with Gasteiger partial charge >= 0.3 is 6.18 Å². The smallest absolute Gasteiger partial charge is 0.368 e. The summed E-state index contributed by atoms with van der Waals surface area (Å²) in [6.07, 6.45) is -4.50. The molecule has 1 fully saturated rings. The van der Waals surface area contributed by atoms with Gasteiger partial charge in [0.25, 0.3) is 11.7 Å². The number of Topliss-reactive ketones (excluding diaryl/α,β-unsaturated/α-hetero) is 1. The van der Waals surface area contributed by atoms with Gasteiger partial charge in [0.15, 0.2) is 0 Å². The Morgan fingerprint density at radius 1 is 0.882 bits per heavy atom. The van der Waals surface area contributed by atoms with E-state index in [0.29, 0.717) is 37.6 Å². The summed E-state index contributed by atoms with van der Waals surface area (Å²) in [7, 11) is 0. The summed E-state index contributed by atoms with van der Waals surface area (Å²) in [5.74, 6) is -1.32. The van der Waals surface area contributed by atoms with Gasteiger partial charge in [-0.1, -0.05) is 18.2 Å². The summed E-state index contributed by atoms with van der Waals surface area (Å²) >= 11 is 0. The topological polar surface area (TPSA) is 58.4 Å². The van der Waals surface area contributed by atoms with Gasteiger partial charge in [-0.3, -0.25) is 9.59 Å². The second-order valence-corrected chi connectivity index (χ2v) is 8.45. The van der Waals surface area contributed by atoms with Gasteiger partial charge in [-0.2, -0.15) is 18.3 Å². The van der Waals surface area contributed by atoms with Crippen LogP contribution in [0.3, 0.4) is 0 Å². The van der Waals surface area contributed by atoms with E-state index in [2.05, 4.69) is 16.1 Å². The molecule has 4 rings (SSSR count). The van der Waals surface area contributed by atoms with Crippen LogP contribution in [0.5, 0.6) is 0 Å². The molecule has 0 bridgehead atoms. The molecule has 1 amide bonds. The quantitative estimate of drug-likeness (QED) is 0.420. The van der Waals surface area contributed by atoms with Crippen LogP contribution in [0.15, 0.2) is 48.5 Å². The first-order valence-electron chi connectivity index (χ1n) is 11.0. The maximum Gasteiger partial charge on any atom is 0.416 e. The highest BCUT2D eigenvalue weighted by molar-refractivity contribution is 6.43. The van der Waals surface area contributed by atoms with Crippen molar-refractivity contribution >= 4 is 17.4 Å². The van der Waals surface area contributed by atoms with E-state index in [9.17, 15) is 22.8 Å². The van der Waals surface area contributed by atoms with Crippen LogP contribution in [0, 0.1) is 20.8 Å². The predicted octanol–water partition coefficient (Wildman–Crippen LogP) is 4.35. The Balaban J connectivity index is 1.52. The summed E-state index contributed by atoms with van der Waals surface area (Å²) in [6, 6.07) is 12.8. The van der Waals surface area contributed by atoms with Gasteiger partial charge in [0.05, 0.1) is 28.2 Å². The van der Waals surface area contributed by atoms with E-state index in [4.69, 9.17) is 0 Å². The zero-order valence-corrected chi connectivity index (χ0v) is 19.2. The second-order valence-electron chi connectivity index (χ2n) is 8.45. The molecule has 0 saturated carbocycles. The van der Waals surface area contributed by atoms with Crippen molar-refractivity contribution in [3.8, 4) is 5.69 Å². The molecule has 9 heteroatoms. The van der Waals surface area contributed by atoms with Gasteiger partial charge in [-0.15, -0.1) is 0 Å². The Hall–Kier alpha value is -3.62. The lowest BCUT2D eigenvalue weighted by atomic mass is 10.1. The Morgan fingerprint density at radius 2 is 1.53 bits per heavy atom. The van der Waals surface area contributed by atoms with Crippen molar-refractivity contribution < 1.29 is 22.8 Å². The fourth-order valence-electron chi connectivity index (χ4n) is 4.28. The number of carbonyl (C=O) groups is 2. The van der Waals surface area contributed by atoms with E-state index >= 15 is 0 Å². The van der Waals surface area contributed by atoms with Crippen molar-refractivity contribution in [3.63, 3.8) is 0 Å². The van der Waals surface area contributed by atoms with Crippen LogP contribution in [0.4, 0.5) is 18.9 Å². The van der Waals surface area contributed by atoms with E-state index in [1.165, 1.54) is 21.7 Å². The van der Waals surface area contributed by atoms with Crippen molar-refractivity contribution in [2.75, 3.05) is 31.1 Å². The fourth-order valence-corrected chi connectivity index (χ4v) is 4.28. The highest BCUT2D eigenvalue weighted by Gasteiger charge is 2.33. The number of aromatic nitrogens is 2. The third kappa shape index (κ3) is 4.55. The van der Waals surface area contributed by atoms with E-state index < -0.39 is 23.4 Å². The van der Waals surface area contributed by atoms with Crippen LogP contribution >= 0.6 is 0 Å². The van der Waals surface area contributed by atoms with Crippen molar-refractivity contribution in [1.82, 2.24) is 14.7 Å². The number of piperazine rings is 1. The van der Waals surface area contributed by atoms with Crippen LogP contribution < -0.4 is 4.90 Å². The standard InChI is InChI=1S/C25H25F3N4O2/c1-16-6-4-8-20(14-16)30-10-12-31(13-11-30)24(34)23(33)22-17(2)29-32(18(22)3)21-9-5-7-19(15-21)25(26,27)28/h4-9,14-15H,10-13H2,1-3H3. The highest BCUT2D eigenvalue weighted by atomic mass is 19.4. The molecule has 1 aliphatic rings. The first-order chi connectivity index (χ1) is 16.1. The molecular weight excluding hydrogens is 445 g/mol. The molecule has 0 atom stereocenters. The zero-order valence-electron chi connectivity index (χ0n) is 19.2. The van der Waals surface area contributed by atoms with E-state index in [1.54, 1.807) is 13.8 Å². The Kier molecular flexibility index (Phi) is 6.20. The predicted molar refractivity (Wildman–Crippen MR) is 122 cm³/mol. The van der Waals surface area contributed by atoms with E-state index in [-0.39, 0.29) is 11.3 Å². The third-order valence-corrected chi connectivity index (χ3v) is 6.06. The molecule has 0 aliphatic carbocycles. The number of halogens is 3. The van der Waals surface area contributed by atoms with Crippen LogP contribution in [-0.2, 0) is 11.0 Å². The lowest BCUT2D eigenvalue weighted by Crippen LogP contribution is -2.50. The molecule has 178 valence electrons. The number of ketones is 1.